The first-order valence-corrected chi connectivity index (χ1v) is 4.23. The Hall–Kier alpha value is -0.860. The molecule has 0 N–H and O–H groups in total. The van der Waals surface area contributed by atoms with Gasteiger partial charge in [0.25, 0.3) is 0 Å². The molecule has 0 heterocycles. The standard InChI is InChI=1S/C9H14O3/c1-6-3-7(4-6)8(10)5-9(11)12-2/h6-7H,3-5H2,1-2H3. The van der Waals surface area contributed by atoms with Gasteiger partial charge in [0.1, 0.15) is 12.2 Å². The molecule has 0 atom stereocenters. The molecule has 0 spiro atoms. The Labute approximate surface area is 72.1 Å². The lowest BCUT2D eigenvalue weighted by Crippen LogP contribution is -2.30. The van der Waals surface area contributed by atoms with Crippen LogP contribution in [0.3, 0.4) is 0 Å². The molecule has 1 fully saturated rings. The van der Waals surface area contributed by atoms with Gasteiger partial charge in [0.05, 0.1) is 7.11 Å². The van der Waals surface area contributed by atoms with E-state index in [1.54, 1.807) is 0 Å². The van der Waals surface area contributed by atoms with E-state index in [2.05, 4.69) is 11.7 Å². The highest BCUT2D eigenvalue weighted by atomic mass is 16.5. The van der Waals surface area contributed by atoms with Crippen LogP contribution in [-0.2, 0) is 14.3 Å². The molecule has 1 rings (SSSR count). The molecule has 1 aliphatic rings. The van der Waals surface area contributed by atoms with E-state index in [9.17, 15) is 9.59 Å². The monoisotopic (exact) mass is 170 g/mol. The van der Waals surface area contributed by atoms with Gasteiger partial charge in [-0.05, 0) is 18.8 Å². The number of hydrogen-bond acceptors (Lipinski definition) is 3. The first kappa shape index (κ1) is 9.23. The van der Waals surface area contributed by atoms with Gasteiger partial charge < -0.3 is 4.74 Å². The first-order valence-electron chi connectivity index (χ1n) is 4.23. The van der Waals surface area contributed by atoms with Crippen molar-refractivity contribution >= 4 is 11.8 Å². The number of hydrogen-bond donors (Lipinski definition) is 0. The van der Waals surface area contributed by atoms with Crippen molar-refractivity contribution in [3.63, 3.8) is 0 Å². The summed E-state index contributed by atoms with van der Waals surface area (Å²) >= 11 is 0. The van der Waals surface area contributed by atoms with Crippen molar-refractivity contribution in [2.45, 2.75) is 26.2 Å². The third kappa shape index (κ3) is 2.06. The Balaban J connectivity index is 2.25. The molecule has 3 heteroatoms. The van der Waals surface area contributed by atoms with Crippen molar-refractivity contribution in [3.8, 4) is 0 Å². The molecule has 0 amide bonds. The normalized spacial score (nSPS) is 27.5. The summed E-state index contributed by atoms with van der Waals surface area (Å²) in [6.45, 7) is 2.11. The molecule has 0 radical (unpaired) electrons. The van der Waals surface area contributed by atoms with Crippen molar-refractivity contribution < 1.29 is 14.3 Å². The summed E-state index contributed by atoms with van der Waals surface area (Å²) in [6.07, 6.45) is 1.83. The van der Waals surface area contributed by atoms with Crippen LogP contribution < -0.4 is 0 Å². The largest absolute Gasteiger partial charge is 0.469 e. The number of esters is 1. The van der Waals surface area contributed by atoms with Crippen molar-refractivity contribution in [3.05, 3.63) is 0 Å². The van der Waals surface area contributed by atoms with Crippen molar-refractivity contribution in [2.75, 3.05) is 7.11 Å². The Kier molecular flexibility index (Phi) is 2.84. The quantitative estimate of drug-likeness (QED) is 0.471. The number of Topliss-reactive ketones (excluding diaryl/α,β-unsaturated/α-hetero) is 1. The van der Waals surface area contributed by atoms with Gasteiger partial charge in [0.2, 0.25) is 0 Å². The van der Waals surface area contributed by atoms with Gasteiger partial charge in [0.15, 0.2) is 0 Å². The molecule has 0 aliphatic heterocycles. The Morgan fingerprint density at radius 1 is 1.42 bits per heavy atom. The van der Waals surface area contributed by atoms with Crippen LogP contribution >= 0.6 is 0 Å². The summed E-state index contributed by atoms with van der Waals surface area (Å²) < 4.78 is 4.41. The molecule has 12 heavy (non-hydrogen) atoms. The molecule has 1 saturated carbocycles. The zero-order valence-corrected chi connectivity index (χ0v) is 7.50. The number of rotatable bonds is 3. The second-order valence-electron chi connectivity index (χ2n) is 3.49. The molecule has 68 valence electrons. The van der Waals surface area contributed by atoms with Gasteiger partial charge in [-0.1, -0.05) is 6.92 Å². The summed E-state index contributed by atoms with van der Waals surface area (Å²) in [5, 5.41) is 0. The lowest BCUT2D eigenvalue weighted by Gasteiger charge is -2.30. The highest BCUT2D eigenvalue weighted by molar-refractivity contribution is 5.97. The summed E-state index contributed by atoms with van der Waals surface area (Å²) in [6, 6.07) is 0. The number of carbonyl (C=O) groups excluding carboxylic acids is 2. The zero-order chi connectivity index (χ0) is 9.14. The smallest absolute Gasteiger partial charge is 0.313 e. The summed E-state index contributed by atoms with van der Waals surface area (Å²) in [4.78, 5) is 21.9. The molecule has 0 aromatic rings. The van der Waals surface area contributed by atoms with Gasteiger partial charge in [-0.25, -0.2) is 0 Å². The van der Waals surface area contributed by atoms with Crippen molar-refractivity contribution in [2.24, 2.45) is 11.8 Å². The maximum absolute atomic E-state index is 11.2. The minimum absolute atomic E-state index is 0.0416. The molecule has 0 aromatic heterocycles. The summed E-state index contributed by atoms with van der Waals surface area (Å²) in [7, 11) is 1.30. The molecule has 0 bridgehead atoms. The summed E-state index contributed by atoms with van der Waals surface area (Å²) in [5.41, 5.74) is 0. The zero-order valence-electron chi connectivity index (χ0n) is 7.50. The van der Waals surface area contributed by atoms with E-state index in [0.717, 1.165) is 12.8 Å². The maximum Gasteiger partial charge on any atom is 0.313 e. The Bertz CT molecular complexity index is 192. The predicted octanol–water partition coefficient (Wildman–Crippen LogP) is 1.16. The van der Waals surface area contributed by atoms with Crippen LogP contribution in [0.2, 0.25) is 0 Å². The van der Waals surface area contributed by atoms with Gasteiger partial charge >= 0.3 is 5.97 Å². The minimum Gasteiger partial charge on any atom is -0.469 e. The topological polar surface area (TPSA) is 43.4 Å². The molecular formula is C9H14O3. The highest BCUT2D eigenvalue weighted by Gasteiger charge is 2.32. The third-order valence-corrected chi connectivity index (χ3v) is 2.38. The maximum atomic E-state index is 11.2. The van der Waals surface area contributed by atoms with Crippen molar-refractivity contribution in [1.82, 2.24) is 0 Å². The van der Waals surface area contributed by atoms with Gasteiger partial charge in [0, 0.05) is 5.92 Å². The van der Waals surface area contributed by atoms with Crippen LogP contribution in [-0.4, -0.2) is 18.9 Å². The van der Waals surface area contributed by atoms with Crippen LogP contribution in [0.25, 0.3) is 0 Å². The van der Waals surface area contributed by atoms with Crippen LogP contribution in [0.4, 0.5) is 0 Å². The lowest BCUT2D eigenvalue weighted by molar-refractivity contribution is -0.145. The van der Waals surface area contributed by atoms with E-state index in [4.69, 9.17) is 0 Å². The highest BCUT2D eigenvalue weighted by Crippen LogP contribution is 2.34. The van der Waals surface area contributed by atoms with Gasteiger partial charge in [-0.3, -0.25) is 9.59 Å². The van der Waals surface area contributed by atoms with Crippen LogP contribution in [0.15, 0.2) is 0 Å². The molecular weight excluding hydrogens is 156 g/mol. The van der Waals surface area contributed by atoms with Crippen molar-refractivity contribution in [1.29, 1.82) is 0 Å². The fourth-order valence-corrected chi connectivity index (χ4v) is 1.52. The van der Waals surface area contributed by atoms with E-state index < -0.39 is 5.97 Å². The van der Waals surface area contributed by atoms with Crippen LogP contribution in [0.1, 0.15) is 26.2 Å². The molecule has 1 aliphatic carbocycles. The second kappa shape index (κ2) is 3.70. The van der Waals surface area contributed by atoms with E-state index in [0.29, 0.717) is 5.92 Å². The molecule has 3 nitrogen and oxygen atoms in total. The average Bonchev–Trinajstić information content (AvgIpc) is 1.98. The fourth-order valence-electron chi connectivity index (χ4n) is 1.52. The number of ether oxygens (including phenoxy) is 1. The third-order valence-electron chi connectivity index (χ3n) is 2.38. The van der Waals surface area contributed by atoms with Crippen LogP contribution in [0, 0.1) is 11.8 Å². The number of methoxy groups -OCH3 is 1. The average molecular weight is 170 g/mol. The Morgan fingerprint density at radius 2 is 2.00 bits per heavy atom. The number of carbonyl (C=O) groups is 2. The molecule has 0 aromatic carbocycles. The van der Waals surface area contributed by atoms with E-state index in [1.165, 1.54) is 7.11 Å². The summed E-state index contributed by atoms with van der Waals surface area (Å²) in [5.74, 6) is 0.398. The van der Waals surface area contributed by atoms with Gasteiger partial charge in [-0.15, -0.1) is 0 Å². The lowest BCUT2D eigenvalue weighted by atomic mass is 9.73. The molecule has 0 saturated heterocycles. The SMILES string of the molecule is COC(=O)CC(=O)C1CC(C)C1. The van der Waals surface area contributed by atoms with E-state index in [-0.39, 0.29) is 18.1 Å². The van der Waals surface area contributed by atoms with E-state index in [1.807, 2.05) is 0 Å². The van der Waals surface area contributed by atoms with Gasteiger partial charge in [-0.2, -0.15) is 0 Å². The second-order valence-corrected chi connectivity index (χ2v) is 3.49. The first-order chi connectivity index (χ1) is 5.63. The number of ketones is 1. The fraction of sp³-hybridized carbons (Fsp3) is 0.778. The Morgan fingerprint density at radius 3 is 2.42 bits per heavy atom. The van der Waals surface area contributed by atoms with E-state index >= 15 is 0 Å². The van der Waals surface area contributed by atoms with Crippen LogP contribution in [0.5, 0.6) is 0 Å². The molecule has 0 unspecified atom stereocenters. The minimum atomic E-state index is -0.417. The predicted molar refractivity (Wildman–Crippen MR) is 43.5 cm³/mol.